The second kappa shape index (κ2) is 10.7. The summed E-state index contributed by atoms with van der Waals surface area (Å²) in [7, 11) is 1.58. The van der Waals surface area contributed by atoms with Gasteiger partial charge in [0.05, 0.1) is 18.7 Å². The zero-order chi connectivity index (χ0) is 22.2. The normalized spacial score (nSPS) is 10.8. The van der Waals surface area contributed by atoms with Crippen molar-refractivity contribution in [1.82, 2.24) is 10.1 Å². The molecule has 1 amide bonds. The van der Waals surface area contributed by atoms with E-state index in [9.17, 15) is 9.18 Å². The summed E-state index contributed by atoms with van der Waals surface area (Å²) in [6.45, 7) is 6.53. The van der Waals surface area contributed by atoms with E-state index in [4.69, 9.17) is 9.26 Å². The summed E-state index contributed by atoms with van der Waals surface area (Å²) in [5.41, 5.74) is 2.70. The number of hydrogen-bond donors (Lipinski definition) is 0. The van der Waals surface area contributed by atoms with E-state index in [1.165, 1.54) is 18.2 Å². The molecule has 0 atom stereocenters. The van der Waals surface area contributed by atoms with Crippen molar-refractivity contribution < 1.29 is 18.4 Å². The highest BCUT2D eigenvalue weighted by atomic mass is 19.1. The van der Waals surface area contributed by atoms with E-state index in [1.54, 1.807) is 18.1 Å². The van der Waals surface area contributed by atoms with Crippen LogP contribution in [0.5, 0.6) is 0 Å². The highest BCUT2D eigenvalue weighted by Gasteiger charge is 2.26. The van der Waals surface area contributed by atoms with Crippen molar-refractivity contribution in [2.24, 2.45) is 0 Å². The Morgan fingerprint density at radius 3 is 2.48 bits per heavy atom. The molecule has 0 radical (unpaired) electrons. The Bertz CT molecular complexity index is 987. The molecule has 2 aromatic carbocycles. The summed E-state index contributed by atoms with van der Waals surface area (Å²) in [5, 5.41) is 4.34. The molecule has 0 unspecified atom stereocenters. The molecule has 164 valence electrons. The number of benzene rings is 2. The maximum atomic E-state index is 13.7. The molecular weight excluding hydrogens is 397 g/mol. The van der Waals surface area contributed by atoms with Gasteiger partial charge in [-0.3, -0.25) is 4.79 Å². The molecule has 0 N–H and O–H groups in total. The van der Waals surface area contributed by atoms with Gasteiger partial charge in [-0.15, -0.1) is 0 Å². The second-order valence-corrected chi connectivity index (χ2v) is 7.08. The topological polar surface area (TPSA) is 58.8 Å². The van der Waals surface area contributed by atoms with Crippen LogP contribution < -0.4 is 4.90 Å². The fourth-order valence-corrected chi connectivity index (χ4v) is 3.47. The second-order valence-electron chi connectivity index (χ2n) is 7.08. The molecule has 0 aliphatic rings. The molecular formula is C24H28FN3O3. The Balaban J connectivity index is 2.02. The number of hydrogen-bond acceptors (Lipinski definition) is 5. The maximum absolute atomic E-state index is 13.7. The number of methoxy groups -OCH3 is 1. The number of ether oxygens (including phenoxy) is 1. The molecule has 3 rings (SSSR count). The monoisotopic (exact) mass is 425 g/mol. The average molecular weight is 426 g/mol. The molecule has 31 heavy (non-hydrogen) atoms. The van der Waals surface area contributed by atoms with Crippen LogP contribution in [0.25, 0.3) is 11.3 Å². The number of carbonyl (C=O) groups excluding carboxylic acids is 1. The van der Waals surface area contributed by atoms with E-state index in [-0.39, 0.29) is 12.5 Å². The zero-order valence-electron chi connectivity index (χ0n) is 18.2. The van der Waals surface area contributed by atoms with Crippen LogP contribution in [-0.4, -0.2) is 49.3 Å². The van der Waals surface area contributed by atoms with Gasteiger partial charge in [0.25, 0.3) is 5.91 Å². The predicted molar refractivity (Wildman–Crippen MR) is 119 cm³/mol. The van der Waals surface area contributed by atoms with Gasteiger partial charge in [0.1, 0.15) is 11.5 Å². The van der Waals surface area contributed by atoms with Crippen LogP contribution in [0.3, 0.4) is 0 Å². The number of rotatable bonds is 10. The van der Waals surface area contributed by atoms with Crippen molar-refractivity contribution in [1.29, 1.82) is 0 Å². The molecule has 0 aliphatic carbocycles. The van der Waals surface area contributed by atoms with Crippen LogP contribution in [0.2, 0.25) is 0 Å². The Morgan fingerprint density at radius 2 is 1.84 bits per heavy atom. The number of halogens is 1. The van der Waals surface area contributed by atoms with Crippen LogP contribution in [-0.2, 0) is 11.3 Å². The number of aromatic nitrogens is 1. The Labute approximate surface area is 182 Å². The van der Waals surface area contributed by atoms with Crippen molar-refractivity contribution in [3.63, 3.8) is 0 Å². The molecule has 0 saturated heterocycles. The molecule has 0 bridgehead atoms. The summed E-state index contributed by atoms with van der Waals surface area (Å²) in [6, 6.07) is 15.4. The summed E-state index contributed by atoms with van der Waals surface area (Å²) in [5.74, 6) is -0.0862. The highest BCUT2D eigenvalue weighted by molar-refractivity contribution is 5.94. The lowest BCUT2D eigenvalue weighted by molar-refractivity contribution is 0.0680. The van der Waals surface area contributed by atoms with Crippen LogP contribution in [0, 0.1) is 5.82 Å². The first kappa shape index (κ1) is 22.5. The minimum absolute atomic E-state index is 0.262. The summed E-state index contributed by atoms with van der Waals surface area (Å²) < 4.78 is 24.7. The lowest BCUT2D eigenvalue weighted by Crippen LogP contribution is -2.34. The van der Waals surface area contributed by atoms with Crippen molar-refractivity contribution in [3.8, 4) is 11.3 Å². The molecule has 0 spiro atoms. The quantitative estimate of drug-likeness (QED) is 0.475. The predicted octanol–water partition coefficient (Wildman–Crippen LogP) is 4.62. The van der Waals surface area contributed by atoms with Crippen LogP contribution in [0.15, 0.2) is 59.1 Å². The molecule has 7 heteroatoms. The van der Waals surface area contributed by atoms with Gasteiger partial charge in [0.2, 0.25) is 5.88 Å². The first-order valence-corrected chi connectivity index (χ1v) is 10.4. The third-order valence-electron chi connectivity index (χ3n) is 5.14. The van der Waals surface area contributed by atoms with Gasteiger partial charge >= 0.3 is 0 Å². The summed E-state index contributed by atoms with van der Waals surface area (Å²) >= 11 is 0. The van der Waals surface area contributed by atoms with Gasteiger partial charge in [-0.25, -0.2) is 4.39 Å². The fraction of sp³-hybridized carbons (Fsp3) is 0.333. The molecule has 0 saturated carbocycles. The molecule has 6 nitrogen and oxygen atoms in total. The Hall–Kier alpha value is -3.19. The van der Waals surface area contributed by atoms with E-state index in [0.717, 1.165) is 24.2 Å². The standard InChI is InChI=1S/C24H28FN3O3/c1-4-27(5-2)24-21(22(26-31-24)18-10-7-6-8-11-18)17-28(14-15-30-3)23(29)19-12-9-13-20(25)16-19/h6-13,16H,4-5,14-15,17H2,1-3H3. The molecule has 1 aromatic heterocycles. The van der Waals surface area contributed by atoms with Crippen LogP contribution in [0.4, 0.5) is 10.3 Å². The third-order valence-corrected chi connectivity index (χ3v) is 5.14. The van der Waals surface area contributed by atoms with Gasteiger partial charge in [-0.2, -0.15) is 0 Å². The van der Waals surface area contributed by atoms with Crippen LogP contribution in [0.1, 0.15) is 29.8 Å². The smallest absolute Gasteiger partial charge is 0.254 e. The Morgan fingerprint density at radius 1 is 1.10 bits per heavy atom. The molecule has 1 heterocycles. The van der Waals surface area contributed by atoms with E-state index >= 15 is 0 Å². The first-order chi connectivity index (χ1) is 15.1. The fourth-order valence-electron chi connectivity index (χ4n) is 3.47. The SMILES string of the molecule is CCN(CC)c1onc(-c2ccccc2)c1CN(CCOC)C(=O)c1cccc(F)c1. The zero-order valence-corrected chi connectivity index (χ0v) is 18.2. The number of nitrogens with zero attached hydrogens (tertiary/aromatic N) is 3. The largest absolute Gasteiger partial charge is 0.383 e. The van der Waals surface area contributed by atoms with Crippen LogP contribution >= 0.6 is 0 Å². The molecule has 0 fully saturated rings. The van der Waals surface area contributed by atoms with E-state index in [0.29, 0.717) is 30.3 Å². The van der Waals surface area contributed by atoms with Gasteiger partial charge in [-0.05, 0) is 32.0 Å². The Kier molecular flexibility index (Phi) is 7.78. The first-order valence-electron chi connectivity index (χ1n) is 10.4. The maximum Gasteiger partial charge on any atom is 0.254 e. The lowest BCUT2D eigenvalue weighted by atomic mass is 10.1. The third kappa shape index (κ3) is 5.30. The highest BCUT2D eigenvalue weighted by Crippen LogP contribution is 2.32. The summed E-state index contributed by atoms with van der Waals surface area (Å²) in [4.78, 5) is 16.9. The molecule has 0 aliphatic heterocycles. The minimum atomic E-state index is -0.448. The van der Waals surface area contributed by atoms with Gasteiger partial charge in [0.15, 0.2) is 0 Å². The van der Waals surface area contributed by atoms with Gasteiger partial charge in [0, 0.05) is 37.9 Å². The number of anilines is 1. The minimum Gasteiger partial charge on any atom is -0.383 e. The average Bonchev–Trinajstić information content (AvgIpc) is 3.21. The van der Waals surface area contributed by atoms with Gasteiger partial charge < -0.3 is 19.1 Å². The summed E-state index contributed by atoms with van der Waals surface area (Å²) in [6.07, 6.45) is 0. The van der Waals surface area contributed by atoms with Crippen molar-refractivity contribution >= 4 is 11.8 Å². The van der Waals surface area contributed by atoms with E-state index in [2.05, 4.69) is 10.1 Å². The molecule has 3 aromatic rings. The number of amides is 1. The van der Waals surface area contributed by atoms with Crippen molar-refractivity contribution in [2.75, 3.05) is 38.3 Å². The lowest BCUT2D eigenvalue weighted by Gasteiger charge is -2.25. The number of carbonyl (C=O) groups is 1. The van der Waals surface area contributed by atoms with Crippen molar-refractivity contribution in [2.45, 2.75) is 20.4 Å². The van der Waals surface area contributed by atoms with E-state index < -0.39 is 5.82 Å². The van der Waals surface area contributed by atoms with Crippen molar-refractivity contribution in [3.05, 3.63) is 71.5 Å². The van der Waals surface area contributed by atoms with Gasteiger partial charge in [-0.1, -0.05) is 41.6 Å². The van der Waals surface area contributed by atoms with E-state index in [1.807, 2.05) is 44.2 Å².